The predicted molar refractivity (Wildman–Crippen MR) is 136 cm³/mol. The van der Waals surface area contributed by atoms with Crippen molar-refractivity contribution in [1.82, 2.24) is 15.3 Å². The lowest BCUT2D eigenvalue weighted by atomic mass is 10.1. The molecule has 200 valence electrons. The van der Waals surface area contributed by atoms with Crippen LogP contribution in [0.1, 0.15) is 24.3 Å². The summed E-state index contributed by atoms with van der Waals surface area (Å²) in [6.45, 7) is 3.28. The van der Waals surface area contributed by atoms with Crippen LogP contribution < -0.4 is 14.8 Å². The minimum atomic E-state index is -3.44. The fraction of sp³-hybridized carbons (Fsp3) is 0.360. The molecule has 37 heavy (non-hydrogen) atoms. The van der Waals surface area contributed by atoms with Crippen molar-refractivity contribution in [3.05, 3.63) is 54.4 Å². The molecule has 2 aromatic heterocycles. The molecule has 0 unspecified atom stereocenters. The number of methoxy groups -OCH3 is 1. The van der Waals surface area contributed by atoms with Gasteiger partial charge in [-0.3, -0.25) is 4.79 Å². The minimum absolute atomic E-state index is 0.0674. The smallest absolute Gasteiger partial charge is 0.268 e. The standard InChI is InChI=1S/C25H31N3O8S/c1-15(14-34-3)35-19-9-17(21-6-7-22(27-21)25(31)28-23(13-29)16(2)30)10-20(11-19)36-18-5-8-24(26-12-18)37(4,32)33/h5-12,15-16,23,27,29-30H,13-14H2,1-4H3,(H,28,31)/t15-,16+,23+/m0/s1. The molecule has 0 aliphatic rings. The molecular weight excluding hydrogens is 502 g/mol. The summed E-state index contributed by atoms with van der Waals surface area (Å²) in [5, 5.41) is 21.6. The SMILES string of the molecule is COC[C@H](C)Oc1cc(Oc2ccc(S(C)(=O)=O)nc2)cc(-c2ccc(C(=O)N[C@H](CO)[C@@H](C)O)[nH]2)c1. The second kappa shape index (κ2) is 12.2. The van der Waals surface area contributed by atoms with Gasteiger partial charge in [0.15, 0.2) is 14.9 Å². The summed E-state index contributed by atoms with van der Waals surface area (Å²) in [5.41, 5.74) is 1.46. The molecule has 0 aliphatic carbocycles. The summed E-state index contributed by atoms with van der Waals surface area (Å²) in [6.07, 6.45) is 1.20. The Morgan fingerprint density at radius 1 is 1.11 bits per heavy atom. The van der Waals surface area contributed by atoms with E-state index in [0.717, 1.165) is 6.26 Å². The van der Waals surface area contributed by atoms with E-state index in [1.165, 1.54) is 25.3 Å². The third-order valence-electron chi connectivity index (χ3n) is 5.28. The van der Waals surface area contributed by atoms with Crippen LogP contribution in [0.3, 0.4) is 0 Å². The lowest BCUT2D eigenvalue weighted by molar-refractivity contribution is 0.0754. The van der Waals surface area contributed by atoms with Gasteiger partial charge in [0.1, 0.15) is 29.0 Å². The van der Waals surface area contributed by atoms with Crippen LogP contribution in [-0.4, -0.2) is 79.3 Å². The molecule has 0 spiro atoms. The molecule has 0 fully saturated rings. The third-order valence-corrected chi connectivity index (χ3v) is 6.28. The second-order valence-corrected chi connectivity index (χ2v) is 10.5. The molecule has 0 radical (unpaired) electrons. The number of benzene rings is 1. The van der Waals surface area contributed by atoms with Crippen molar-refractivity contribution in [1.29, 1.82) is 0 Å². The predicted octanol–water partition coefficient (Wildman–Crippen LogP) is 2.16. The van der Waals surface area contributed by atoms with Gasteiger partial charge < -0.3 is 34.7 Å². The lowest BCUT2D eigenvalue weighted by Gasteiger charge is -2.18. The van der Waals surface area contributed by atoms with E-state index in [9.17, 15) is 23.4 Å². The number of hydrogen-bond donors (Lipinski definition) is 4. The van der Waals surface area contributed by atoms with Crippen LogP contribution in [0.2, 0.25) is 0 Å². The topological polar surface area (TPSA) is 160 Å². The van der Waals surface area contributed by atoms with Gasteiger partial charge in [-0.05, 0) is 50.2 Å². The molecule has 1 aromatic carbocycles. The molecule has 3 rings (SSSR count). The summed E-state index contributed by atoms with van der Waals surface area (Å²) in [6, 6.07) is 10.5. The zero-order valence-electron chi connectivity index (χ0n) is 21.0. The number of nitrogens with one attached hydrogen (secondary N) is 2. The van der Waals surface area contributed by atoms with E-state index in [1.54, 1.807) is 37.4 Å². The largest absolute Gasteiger partial charge is 0.488 e. The van der Waals surface area contributed by atoms with Crippen molar-refractivity contribution in [2.24, 2.45) is 0 Å². The van der Waals surface area contributed by atoms with Gasteiger partial charge in [-0.1, -0.05) is 0 Å². The van der Waals surface area contributed by atoms with Gasteiger partial charge in [-0.25, -0.2) is 13.4 Å². The Balaban J connectivity index is 1.90. The van der Waals surface area contributed by atoms with E-state index < -0.39 is 34.5 Å². The van der Waals surface area contributed by atoms with Crippen molar-refractivity contribution in [3.8, 4) is 28.5 Å². The monoisotopic (exact) mass is 533 g/mol. The summed E-state index contributed by atoms with van der Waals surface area (Å²) in [7, 11) is -1.87. The summed E-state index contributed by atoms with van der Waals surface area (Å²) < 4.78 is 40.4. The number of carbonyl (C=O) groups is 1. The van der Waals surface area contributed by atoms with E-state index in [-0.39, 0.29) is 16.8 Å². The van der Waals surface area contributed by atoms with Crippen molar-refractivity contribution in [2.45, 2.75) is 37.1 Å². The second-order valence-electron chi connectivity index (χ2n) is 8.57. The Kier molecular flexibility index (Phi) is 9.27. The number of carbonyl (C=O) groups excluding carboxylic acids is 1. The molecule has 1 amide bonds. The number of amides is 1. The van der Waals surface area contributed by atoms with Crippen LogP contribution in [0.4, 0.5) is 0 Å². The van der Waals surface area contributed by atoms with Gasteiger partial charge in [0.05, 0.1) is 31.6 Å². The highest BCUT2D eigenvalue weighted by Gasteiger charge is 2.19. The van der Waals surface area contributed by atoms with Crippen LogP contribution in [0.15, 0.2) is 53.7 Å². The Morgan fingerprint density at radius 3 is 2.43 bits per heavy atom. The number of aromatic nitrogens is 2. The number of aromatic amines is 1. The first-order valence-corrected chi connectivity index (χ1v) is 13.3. The Hall–Kier alpha value is -3.45. The van der Waals surface area contributed by atoms with E-state index in [1.807, 2.05) is 6.92 Å². The van der Waals surface area contributed by atoms with Gasteiger partial charge in [0.2, 0.25) is 0 Å². The number of sulfone groups is 1. The van der Waals surface area contributed by atoms with Crippen molar-refractivity contribution in [2.75, 3.05) is 26.6 Å². The Morgan fingerprint density at radius 2 is 1.84 bits per heavy atom. The Labute approximate surface area is 215 Å². The highest BCUT2D eigenvalue weighted by Crippen LogP contribution is 2.33. The third kappa shape index (κ3) is 7.76. The van der Waals surface area contributed by atoms with E-state index in [0.29, 0.717) is 35.1 Å². The van der Waals surface area contributed by atoms with Gasteiger partial charge in [-0.2, -0.15) is 0 Å². The highest BCUT2D eigenvalue weighted by molar-refractivity contribution is 7.90. The molecule has 4 N–H and O–H groups in total. The fourth-order valence-electron chi connectivity index (χ4n) is 3.40. The van der Waals surface area contributed by atoms with Crippen molar-refractivity contribution < 1.29 is 37.6 Å². The number of H-pyrrole nitrogens is 1. The average Bonchev–Trinajstić information content (AvgIpc) is 3.32. The van der Waals surface area contributed by atoms with Gasteiger partial charge in [0.25, 0.3) is 5.91 Å². The Bertz CT molecular complexity index is 1310. The number of nitrogens with zero attached hydrogens (tertiary/aromatic N) is 1. The van der Waals surface area contributed by atoms with Crippen LogP contribution in [-0.2, 0) is 14.6 Å². The first-order chi connectivity index (χ1) is 17.5. The molecule has 12 heteroatoms. The first-order valence-electron chi connectivity index (χ1n) is 11.4. The molecule has 0 saturated carbocycles. The fourth-order valence-corrected chi connectivity index (χ4v) is 3.96. The normalized spacial score (nSPS) is 14.0. The zero-order valence-corrected chi connectivity index (χ0v) is 21.8. The van der Waals surface area contributed by atoms with Crippen LogP contribution in [0, 0.1) is 0 Å². The summed E-state index contributed by atoms with van der Waals surface area (Å²) in [4.78, 5) is 19.5. The maximum absolute atomic E-state index is 12.6. The molecule has 0 saturated heterocycles. The number of pyridine rings is 1. The molecule has 11 nitrogen and oxygen atoms in total. The number of aliphatic hydroxyl groups is 2. The van der Waals surface area contributed by atoms with Crippen LogP contribution >= 0.6 is 0 Å². The van der Waals surface area contributed by atoms with E-state index >= 15 is 0 Å². The highest BCUT2D eigenvalue weighted by atomic mass is 32.2. The first kappa shape index (κ1) is 28.1. The van der Waals surface area contributed by atoms with Gasteiger partial charge in [0, 0.05) is 30.7 Å². The number of aliphatic hydroxyl groups excluding tert-OH is 2. The van der Waals surface area contributed by atoms with E-state index in [4.69, 9.17) is 14.2 Å². The summed E-state index contributed by atoms with van der Waals surface area (Å²) >= 11 is 0. The van der Waals surface area contributed by atoms with E-state index in [2.05, 4.69) is 15.3 Å². The zero-order chi connectivity index (χ0) is 27.2. The average molecular weight is 534 g/mol. The molecular formula is C25H31N3O8S. The number of hydrogen-bond acceptors (Lipinski definition) is 9. The molecule has 0 bridgehead atoms. The maximum Gasteiger partial charge on any atom is 0.268 e. The van der Waals surface area contributed by atoms with Crippen molar-refractivity contribution in [3.63, 3.8) is 0 Å². The van der Waals surface area contributed by atoms with Gasteiger partial charge in [-0.15, -0.1) is 0 Å². The molecule has 2 heterocycles. The van der Waals surface area contributed by atoms with Gasteiger partial charge >= 0.3 is 0 Å². The van der Waals surface area contributed by atoms with Crippen molar-refractivity contribution >= 4 is 15.7 Å². The lowest BCUT2D eigenvalue weighted by Crippen LogP contribution is -2.44. The minimum Gasteiger partial charge on any atom is -0.488 e. The summed E-state index contributed by atoms with van der Waals surface area (Å²) in [5.74, 6) is 0.704. The molecule has 0 aliphatic heterocycles. The van der Waals surface area contributed by atoms with Crippen LogP contribution in [0.25, 0.3) is 11.3 Å². The number of rotatable bonds is 12. The maximum atomic E-state index is 12.6. The molecule has 3 aromatic rings. The number of ether oxygens (including phenoxy) is 3. The quantitative estimate of drug-likeness (QED) is 0.273. The van der Waals surface area contributed by atoms with Crippen LogP contribution in [0.5, 0.6) is 17.2 Å². The molecule has 3 atom stereocenters.